The van der Waals surface area contributed by atoms with Gasteiger partial charge in [-0.3, -0.25) is 4.98 Å². The van der Waals surface area contributed by atoms with E-state index in [2.05, 4.69) is 4.98 Å². The summed E-state index contributed by atoms with van der Waals surface area (Å²) in [6.45, 7) is 4.08. The molecule has 3 nitrogen and oxygen atoms in total. The van der Waals surface area contributed by atoms with Crippen LogP contribution in [0.5, 0.6) is 0 Å². The summed E-state index contributed by atoms with van der Waals surface area (Å²) >= 11 is 0. The van der Waals surface area contributed by atoms with E-state index in [0.717, 1.165) is 22.0 Å². The van der Waals surface area contributed by atoms with Crippen molar-refractivity contribution in [1.82, 2.24) is 4.98 Å². The molecular weight excluding hydrogens is 226 g/mol. The Morgan fingerprint density at radius 3 is 3.00 bits per heavy atom. The van der Waals surface area contributed by atoms with Gasteiger partial charge in [0.25, 0.3) is 0 Å². The lowest BCUT2D eigenvalue weighted by atomic mass is 10.0. The van der Waals surface area contributed by atoms with Gasteiger partial charge in [-0.15, -0.1) is 0 Å². The first kappa shape index (κ1) is 12.3. The van der Waals surface area contributed by atoms with Crippen LogP contribution in [-0.4, -0.2) is 17.6 Å². The predicted molar refractivity (Wildman–Crippen MR) is 72.0 cm³/mol. The van der Waals surface area contributed by atoms with Gasteiger partial charge in [-0.1, -0.05) is 12.1 Å². The van der Waals surface area contributed by atoms with Crippen LogP contribution in [0.1, 0.15) is 19.4 Å². The number of hydrogen-bond donors (Lipinski definition) is 0. The second-order valence-corrected chi connectivity index (χ2v) is 3.99. The highest BCUT2D eigenvalue weighted by Crippen LogP contribution is 2.19. The molecule has 18 heavy (non-hydrogen) atoms. The minimum atomic E-state index is -0.304. The fourth-order valence-corrected chi connectivity index (χ4v) is 1.76. The fourth-order valence-electron chi connectivity index (χ4n) is 1.76. The molecule has 92 valence electrons. The van der Waals surface area contributed by atoms with Crippen molar-refractivity contribution in [2.45, 2.75) is 13.8 Å². The highest BCUT2D eigenvalue weighted by atomic mass is 16.5. The highest BCUT2D eigenvalue weighted by molar-refractivity contribution is 5.92. The van der Waals surface area contributed by atoms with E-state index in [0.29, 0.717) is 6.61 Å². The van der Waals surface area contributed by atoms with Gasteiger partial charge in [-0.25, -0.2) is 4.79 Å². The lowest BCUT2D eigenvalue weighted by Crippen LogP contribution is -2.00. The van der Waals surface area contributed by atoms with E-state index in [1.807, 2.05) is 37.3 Å². The van der Waals surface area contributed by atoms with Crippen molar-refractivity contribution in [3.8, 4) is 0 Å². The van der Waals surface area contributed by atoms with Crippen molar-refractivity contribution >= 4 is 22.4 Å². The molecule has 0 aliphatic heterocycles. The highest BCUT2D eigenvalue weighted by Gasteiger charge is 2.02. The number of carbonyl (C=O) groups excluding carboxylic acids is 1. The van der Waals surface area contributed by atoms with E-state index in [1.54, 1.807) is 13.1 Å². The number of pyridine rings is 1. The zero-order valence-corrected chi connectivity index (χ0v) is 10.5. The molecule has 0 spiro atoms. The molecule has 0 aliphatic carbocycles. The molecule has 0 radical (unpaired) electrons. The molecule has 0 unspecified atom stereocenters. The molecular formula is C15H15NO2. The van der Waals surface area contributed by atoms with E-state index >= 15 is 0 Å². The number of ether oxygens (including phenoxy) is 1. The standard InChI is InChI=1S/C15H15NO2/c1-3-18-15(17)9-11(2)12-6-7-14-13(10-12)5-4-8-16-14/h4-10H,3H2,1-2H3. The third-order valence-corrected chi connectivity index (χ3v) is 2.68. The molecule has 0 aliphatic rings. The van der Waals surface area contributed by atoms with Crippen molar-refractivity contribution in [3.05, 3.63) is 48.2 Å². The molecule has 0 fully saturated rings. The van der Waals surface area contributed by atoms with Crippen LogP contribution < -0.4 is 0 Å². The minimum Gasteiger partial charge on any atom is -0.463 e. The molecule has 3 heteroatoms. The van der Waals surface area contributed by atoms with E-state index in [1.165, 1.54) is 6.08 Å². The zero-order valence-electron chi connectivity index (χ0n) is 10.5. The molecule has 0 saturated carbocycles. The molecule has 1 aromatic heterocycles. The Balaban J connectivity index is 2.33. The Kier molecular flexibility index (Phi) is 3.72. The fraction of sp³-hybridized carbons (Fsp3) is 0.200. The average Bonchev–Trinajstić information content (AvgIpc) is 2.38. The average molecular weight is 241 g/mol. The lowest BCUT2D eigenvalue weighted by Gasteiger charge is -2.04. The Morgan fingerprint density at radius 2 is 2.22 bits per heavy atom. The maximum absolute atomic E-state index is 11.4. The summed E-state index contributed by atoms with van der Waals surface area (Å²) in [5.74, 6) is -0.304. The second kappa shape index (κ2) is 5.45. The van der Waals surface area contributed by atoms with Crippen LogP contribution in [0, 0.1) is 0 Å². The smallest absolute Gasteiger partial charge is 0.331 e. The molecule has 0 amide bonds. The summed E-state index contributed by atoms with van der Waals surface area (Å²) in [6.07, 6.45) is 3.28. The number of esters is 1. The van der Waals surface area contributed by atoms with E-state index < -0.39 is 0 Å². The zero-order chi connectivity index (χ0) is 13.0. The normalized spacial score (nSPS) is 11.6. The van der Waals surface area contributed by atoms with Crippen molar-refractivity contribution in [2.24, 2.45) is 0 Å². The molecule has 1 aromatic carbocycles. The van der Waals surface area contributed by atoms with E-state index in [-0.39, 0.29) is 5.97 Å². The first-order chi connectivity index (χ1) is 8.70. The minimum absolute atomic E-state index is 0.304. The van der Waals surface area contributed by atoms with Crippen LogP contribution in [0.15, 0.2) is 42.6 Å². The van der Waals surface area contributed by atoms with Gasteiger partial charge in [0.05, 0.1) is 12.1 Å². The molecule has 0 saturated heterocycles. The van der Waals surface area contributed by atoms with Crippen LogP contribution in [0.25, 0.3) is 16.5 Å². The first-order valence-corrected chi connectivity index (χ1v) is 5.91. The van der Waals surface area contributed by atoms with Crippen molar-refractivity contribution < 1.29 is 9.53 Å². The predicted octanol–water partition coefficient (Wildman–Crippen LogP) is 3.20. The first-order valence-electron chi connectivity index (χ1n) is 5.91. The van der Waals surface area contributed by atoms with Crippen LogP contribution >= 0.6 is 0 Å². The van der Waals surface area contributed by atoms with Gasteiger partial charge in [0.15, 0.2) is 0 Å². The maximum Gasteiger partial charge on any atom is 0.331 e. The molecule has 0 atom stereocenters. The van der Waals surface area contributed by atoms with E-state index in [9.17, 15) is 4.79 Å². The number of allylic oxidation sites excluding steroid dienone is 1. The van der Waals surface area contributed by atoms with Crippen molar-refractivity contribution in [1.29, 1.82) is 0 Å². The number of benzene rings is 1. The molecule has 1 heterocycles. The van der Waals surface area contributed by atoms with Crippen LogP contribution in [-0.2, 0) is 9.53 Å². The number of fused-ring (bicyclic) bond motifs is 1. The third kappa shape index (κ3) is 2.74. The number of hydrogen-bond acceptors (Lipinski definition) is 3. The lowest BCUT2D eigenvalue weighted by molar-refractivity contribution is -0.137. The topological polar surface area (TPSA) is 39.2 Å². The SMILES string of the molecule is CCOC(=O)C=C(C)c1ccc2ncccc2c1. The van der Waals surface area contributed by atoms with Gasteiger partial charge in [0.1, 0.15) is 0 Å². The number of aromatic nitrogens is 1. The Labute approximate surface area is 106 Å². The van der Waals surface area contributed by atoms with Crippen molar-refractivity contribution in [3.63, 3.8) is 0 Å². The number of rotatable bonds is 3. The van der Waals surface area contributed by atoms with Gasteiger partial charge in [-0.05, 0) is 43.2 Å². The van der Waals surface area contributed by atoms with Gasteiger partial charge in [-0.2, -0.15) is 0 Å². The van der Waals surface area contributed by atoms with Gasteiger partial charge in [0.2, 0.25) is 0 Å². The monoisotopic (exact) mass is 241 g/mol. The molecule has 2 rings (SSSR count). The Hall–Kier alpha value is -2.16. The summed E-state index contributed by atoms with van der Waals surface area (Å²) in [5, 5.41) is 1.06. The van der Waals surface area contributed by atoms with E-state index in [4.69, 9.17) is 4.74 Å². The van der Waals surface area contributed by atoms with Crippen LogP contribution in [0.4, 0.5) is 0 Å². The van der Waals surface area contributed by atoms with Crippen molar-refractivity contribution in [2.75, 3.05) is 6.61 Å². The Bertz CT molecular complexity index is 602. The summed E-state index contributed by atoms with van der Waals surface area (Å²) in [4.78, 5) is 15.6. The van der Waals surface area contributed by atoms with Gasteiger partial charge < -0.3 is 4.74 Å². The molecule has 0 bridgehead atoms. The number of carbonyl (C=O) groups is 1. The number of nitrogens with zero attached hydrogens (tertiary/aromatic N) is 1. The molecule has 2 aromatic rings. The van der Waals surface area contributed by atoms with Crippen LogP contribution in [0.3, 0.4) is 0 Å². The van der Waals surface area contributed by atoms with Gasteiger partial charge in [0, 0.05) is 17.7 Å². The second-order valence-electron chi connectivity index (χ2n) is 3.99. The van der Waals surface area contributed by atoms with Crippen LogP contribution in [0.2, 0.25) is 0 Å². The third-order valence-electron chi connectivity index (χ3n) is 2.68. The summed E-state index contributed by atoms with van der Waals surface area (Å²) in [5.41, 5.74) is 2.84. The maximum atomic E-state index is 11.4. The summed E-state index contributed by atoms with van der Waals surface area (Å²) < 4.78 is 4.89. The quantitative estimate of drug-likeness (QED) is 0.612. The summed E-state index contributed by atoms with van der Waals surface area (Å²) in [6, 6.07) is 9.83. The molecule has 0 N–H and O–H groups in total. The summed E-state index contributed by atoms with van der Waals surface area (Å²) in [7, 11) is 0. The largest absolute Gasteiger partial charge is 0.463 e. The Morgan fingerprint density at radius 1 is 1.39 bits per heavy atom. The van der Waals surface area contributed by atoms with Gasteiger partial charge >= 0.3 is 5.97 Å².